The van der Waals surface area contributed by atoms with Crippen LogP contribution in [0.3, 0.4) is 0 Å². The molecule has 0 unspecified atom stereocenters. The Hall–Kier alpha value is -1.82. The Morgan fingerprint density at radius 3 is 2.88 bits per heavy atom. The number of carbonyl (C=O) groups excluding carboxylic acids is 1. The molecule has 3 fully saturated rings. The molecule has 1 spiro atoms. The molecule has 25 heavy (non-hydrogen) atoms. The van der Waals surface area contributed by atoms with E-state index in [9.17, 15) is 4.79 Å². The molecule has 6 nitrogen and oxygen atoms in total. The molecule has 0 bridgehead atoms. The lowest BCUT2D eigenvalue weighted by Gasteiger charge is -2.26. The monoisotopic (exact) mass is 344 g/mol. The van der Waals surface area contributed by atoms with Crippen LogP contribution in [0.5, 0.6) is 0 Å². The van der Waals surface area contributed by atoms with Crippen LogP contribution in [0.15, 0.2) is 18.3 Å². The number of hydrogen-bond acceptors (Lipinski definition) is 5. The van der Waals surface area contributed by atoms with Crippen molar-refractivity contribution < 1.29 is 9.53 Å². The summed E-state index contributed by atoms with van der Waals surface area (Å²) in [5, 5.41) is 3.54. The molecule has 0 radical (unpaired) electrons. The highest BCUT2D eigenvalue weighted by atomic mass is 16.5. The van der Waals surface area contributed by atoms with Crippen molar-refractivity contribution in [3.05, 3.63) is 18.3 Å². The second-order valence-electron chi connectivity index (χ2n) is 7.80. The van der Waals surface area contributed by atoms with Crippen molar-refractivity contribution in [1.29, 1.82) is 0 Å². The molecule has 1 aromatic heterocycles. The number of ether oxygens (including phenoxy) is 1. The van der Waals surface area contributed by atoms with E-state index in [1.165, 1.54) is 0 Å². The number of carbonyl (C=O) groups is 1. The van der Waals surface area contributed by atoms with Crippen LogP contribution >= 0.6 is 0 Å². The van der Waals surface area contributed by atoms with Crippen molar-refractivity contribution in [1.82, 2.24) is 9.88 Å². The minimum absolute atomic E-state index is 0.252. The number of pyridine rings is 1. The first kappa shape index (κ1) is 16.6. The quantitative estimate of drug-likeness (QED) is 0.879. The van der Waals surface area contributed by atoms with Crippen LogP contribution < -0.4 is 11.1 Å². The number of rotatable bonds is 3. The maximum absolute atomic E-state index is 12.9. The normalized spacial score (nSPS) is 28.4. The zero-order chi connectivity index (χ0) is 17.3. The van der Waals surface area contributed by atoms with Crippen molar-refractivity contribution in [3.8, 4) is 0 Å². The van der Waals surface area contributed by atoms with E-state index in [0.717, 1.165) is 70.5 Å². The highest BCUT2D eigenvalue weighted by molar-refractivity contribution is 5.82. The van der Waals surface area contributed by atoms with Gasteiger partial charge in [-0.2, -0.15) is 0 Å². The van der Waals surface area contributed by atoms with Gasteiger partial charge in [0.25, 0.3) is 0 Å². The van der Waals surface area contributed by atoms with Gasteiger partial charge >= 0.3 is 0 Å². The summed E-state index contributed by atoms with van der Waals surface area (Å²) in [6, 6.07) is 4.17. The fourth-order valence-electron chi connectivity index (χ4n) is 4.44. The number of nitrogens with one attached hydrogen (secondary N) is 1. The van der Waals surface area contributed by atoms with E-state index >= 15 is 0 Å². The van der Waals surface area contributed by atoms with Crippen LogP contribution in [0, 0.1) is 11.3 Å². The second-order valence-corrected chi connectivity index (χ2v) is 7.80. The molecule has 3 N–H and O–H groups in total. The summed E-state index contributed by atoms with van der Waals surface area (Å²) in [5.41, 5.74) is 6.91. The summed E-state index contributed by atoms with van der Waals surface area (Å²) in [5.74, 6) is 1.17. The molecule has 3 heterocycles. The van der Waals surface area contributed by atoms with Crippen LogP contribution in [-0.4, -0.2) is 48.1 Å². The van der Waals surface area contributed by atoms with E-state index in [4.69, 9.17) is 10.5 Å². The lowest BCUT2D eigenvalue weighted by molar-refractivity contribution is -0.134. The third-order valence-electron chi connectivity index (χ3n) is 6.17. The van der Waals surface area contributed by atoms with Crippen LogP contribution in [0.2, 0.25) is 0 Å². The number of amides is 1. The number of nitrogen functional groups attached to an aromatic ring is 1. The molecule has 136 valence electrons. The Morgan fingerprint density at radius 2 is 2.12 bits per heavy atom. The lowest BCUT2D eigenvalue weighted by Crippen LogP contribution is -2.36. The third-order valence-corrected chi connectivity index (χ3v) is 6.17. The van der Waals surface area contributed by atoms with Crippen molar-refractivity contribution in [2.24, 2.45) is 11.3 Å². The molecule has 1 aliphatic carbocycles. The molecule has 2 aliphatic heterocycles. The standard InChI is InChI=1S/C19H28N4O2/c20-17-4-3-15(13-21-17)22-14-2-1-8-23(9-5-14)18(24)16-12-19(16)6-10-25-11-7-19/h3-4,13-14,16,22H,1-2,5-12H2,(H2,20,21)/t14-,16+/m0/s1. The Kier molecular flexibility index (Phi) is 4.54. The molecule has 1 aromatic rings. The van der Waals surface area contributed by atoms with Gasteiger partial charge < -0.3 is 20.7 Å². The van der Waals surface area contributed by atoms with E-state index in [2.05, 4.69) is 15.2 Å². The van der Waals surface area contributed by atoms with Crippen LogP contribution in [-0.2, 0) is 9.53 Å². The molecular weight excluding hydrogens is 316 g/mol. The van der Waals surface area contributed by atoms with Gasteiger partial charge in [0.15, 0.2) is 0 Å². The first-order chi connectivity index (χ1) is 12.2. The molecule has 4 rings (SSSR count). The van der Waals surface area contributed by atoms with Gasteiger partial charge in [-0.15, -0.1) is 0 Å². The highest BCUT2D eigenvalue weighted by Gasteiger charge is 2.58. The van der Waals surface area contributed by atoms with Gasteiger partial charge in [0.1, 0.15) is 5.82 Å². The fourth-order valence-corrected chi connectivity index (χ4v) is 4.44. The Balaban J connectivity index is 1.31. The molecule has 0 aromatic carbocycles. The Bertz CT molecular complexity index is 612. The highest BCUT2D eigenvalue weighted by Crippen LogP contribution is 2.59. The lowest BCUT2D eigenvalue weighted by atomic mass is 9.93. The molecule has 6 heteroatoms. The number of nitrogens with two attached hydrogens (primary N) is 1. The summed E-state index contributed by atoms with van der Waals surface area (Å²) in [6.45, 7) is 3.39. The third kappa shape index (κ3) is 3.59. The number of anilines is 2. The Labute approximate surface area is 149 Å². The smallest absolute Gasteiger partial charge is 0.226 e. The maximum atomic E-state index is 12.9. The minimum Gasteiger partial charge on any atom is -0.384 e. The number of likely N-dealkylation sites (tertiary alicyclic amines) is 1. The fraction of sp³-hybridized carbons (Fsp3) is 0.684. The molecule has 2 atom stereocenters. The summed E-state index contributed by atoms with van der Waals surface area (Å²) < 4.78 is 5.47. The van der Waals surface area contributed by atoms with E-state index in [-0.39, 0.29) is 11.3 Å². The number of aromatic nitrogens is 1. The van der Waals surface area contributed by atoms with E-state index in [1.54, 1.807) is 6.20 Å². The molecule has 1 saturated carbocycles. The molecule has 2 saturated heterocycles. The zero-order valence-corrected chi connectivity index (χ0v) is 14.7. The van der Waals surface area contributed by atoms with Crippen LogP contribution in [0.25, 0.3) is 0 Å². The summed E-state index contributed by atoms with van der Waals surface area (Å²) >= 11 is 0. The second kappa shape index (κ2) is 6.83. The zero-order valence-electron chi connectivity index (χ0n) is 14.7. The van der Waals surface area contributed by atoms with E-state index < -0.39 is 0 Å². The minimum atomic E-state index is 0.252. The van der Waals surface area contributed by atoms with Crippen LogP contribution in [0.1, 0.15) is 38.5 Å². The SMILES string of the molecule is Nc1ccc(N[C@H]2CCCN(C(=O)[C@H]3CC34CCOCC4)CC2)cn1. The topological polar surface area (TPSA) is 80.5 Å². The van der Waals surface area contributed by atoms with Crippen molar-refractivity contribution in [2.75, 3.05) is 37.4 Å². The maximum Gasteiger partial charge on any atom is 0.226 e. The molecule has 3 aliphatic rings. The first-order valence-corrected chi connectivity index (χ1v) is 9.51. The van der Waals surface area contributed by atoms with Gasteiger partial charge in [-0.3, -0.25) is 4.79 Å². The van der Waals surface area contributed by atoms with Gasteiger partial charge in [0, 0.05) is 38.3 Å². The van der Waals surface area contributed by atoms with Crippen molar-refractivity contribution in [2.45, 2.75) is 44.6 Å². The van der Waals surface area contributed by atoms with Gasteiger partial charge in [-0.25, -0.2) is 4.98 Å². The van der Waals surface area contributed by atoms with E-state index in [1.807, 2.05) is 12.1 Å². The van der Waals surface area contributed by atoms with Crippen molar-refractivity contribution >= 4 is 17.4 Å². The van der Waals surface area contributed by atoms with Gasteiger partial charge in [0.05, 0.1) is 11.9 Å². The summed E-state index contributed by atoms with van der Waals surface area (Å²) in [4.78, 5) is 19.2. The average Bonchev–Trinajstić information content (AvgIpc) is 3.36. The number of hydrogen-bond donors (Lipinski definition) is 2. The Morgan fingerprint density at radius 1 is 1.28 bits per heavy atom. The summed E-state index contributed by atoms with van der Waals surface area (Å²) in [7, 11) is 0. The number of nitrogens with zero attached hydrogens (tertiary/aromatic N) is 2. The van der Waals surface area contributed by atoms with E-state index in [0.29, 0.717) is 17.8 Å². The predicted octanol–water partition coefficient (Wildman–Crippen LogP) is 2.27. The largest absolute Gasteiger partial charge is 0.384 e. The van der Waals surface area contributed by atoms with Gasteiger partial charge in [0.2, 0.25) is 5.91 Å². The van der Waals surface area contributed by atoms with Crippen molar-refractivity contribution in [3.63, 3.8) is 0 Å². The average molecular weight is 344 g/mol. The predicted molar refractivity (Wildman–Crippen MR) is 97.1 cm³/mol. The van der Waals surface area contributed by atoms with Gasteiger partial charge in [-0.05, 0) is 56.1 Å². The molecular formula is C19H28N4O2. The van der Waals surface area contributed by atoms with Crippen LogP contribution in [0.4, 0.5) is 11.5 Å². The molecule has 1 amide bonds. The van der Waals surface area contributed by atoms with Gasteiger partial charge in [-0.1, -0.05) is 0 Å². The summed E-state index contributed by atoms with van der Waals surface area (Å²) in [6.07, 6.45) is 8.09. The first-order valence-electron chi connectivity index (χ1n) is 9.51.